The Labute approximate surface area is 137 Å². The first-order chi connectivity index (χ1) is 10.9. The van der Waals surface area contributed by atoms with Gasteiger partial charge in [0.25, 0.3) is 0 Å². The highest BCUT2D eigenvalue weighted by Crippen LogP contribution is 2.20. The summed E-state index contributed by atoms with van der Waals surface area (Å²) in [5.74, 6) is -0.896. The van der Waals surface area contributed by atoms with E-state index in [0.717, 1.165) is 32.1 Å². The summed E-state index contributed by atoms with van der Waals surface area (Å²) in [6.07, 6.45) is 5.55. The zero-order valence-electron chi connectivity index (χ0n) is 13.7. The quantitative estimate of drug-likeness (QED) is 0.469. The number of carboxylic acids is 1. The Morgan fingerprint density at radius 1 is 1.04 bits per heavy atom. The number of phenols is 1. The summed E-state index contributed by atoms with van der Waals surface area (Å²) < 4.78 is 0. The molecule has 23 heavy (non-hydrogen) atoms. The van der Waals surface area contributed by atoms with Crippen molar-refractivity contribution in [1.82, 2.24) is 0 Å². The van der Waals surface area contributed by atoms with Crippen LogP contribution in [-0.2, 0) is 6.42 Å². The number of unbranched alkanes of at least 4 members (excludes halogenated alkanes) is 2. The van der Waals surface area contributed by atoms with Gasteiger partial charge in [0.15, 0.2) is 0 Å². The van der Waals surface area contributed by atoms with Crippen LogP contribution in [0.3, 0.4) is 0 Å². The van der Waals surface area contributed by atoms with Crippen molar-refractivity contribution in [2.75, 3.05) is 0 Å². The van der Waals surface area contributed by atoms with Crippen LogP contribution in [0.1, 0.15) is 67.8 Å². The molecule has 5 heteroatoms. The van der Waals surface area contributed by atoms with Crippen molar-refractivity contribution in [3.05, 3.63) is 29.3 Å². The first-order valence-corrected chi connectivity index (χ1v) is 8.31. The Kier molecular flexibility index (Phi) is 8.66. The van der Waals surface area contributed by atoms with Gasteiger partial charge in [0.2, 0.25) is 0 Å². The third-order valence-electron chi connectivity index (χ3n) is 3.96. The Morgan fingerprint density at radius 3 is 2.39 bits per heavy atom. The molecule has 0 saturated heterocycles. The van der Waals surface area contributed by atoms with E-state index in [1.54, 1.807) is 6.92 Å². The average molecular weight is 324 g/mol. The van der Waals surface area contributed by atoms with Crippen molar-refractivity contribution in [3.8, 4) is 5.75 Å². The fourth-order valence-electron chi connectivity index (χ4n) is 2.66. The van der Waals surface area contributed by atoms with Gasteiger partial charge >= 0.3 is 5.97 Å². The molecule has 0 aliphatic carbocycles. The first kappa shape index (κ1) is 19.5. The van der Waals surface area contributed by atoms with Crippen molar-refractivity contribution >= 4 is 5.97 Å². The lowest BCUT2D eigenvalue weighted by Crippen LogP contribution is -2.08. The second-order valence-electron chi connectivity index (χ2n) is 6.18. The van der Waals surface area contributed by atoms with Crippen LogP contribution in [-0.4, -0.2) is 38.6 Å². The predicted octanol–water partition coefficient (Wildman–Crippen LogP) is 3.11. The molecule has 0 spiro atoms. The van der Waals surface area contributed by atoms with Gasteiger partial charge in [-0.2, -0.15) is 0 Å². The molecule has 0 heterocycles. The van der Waals surface area contributed by atoms with E-state index < -0.39 is 5.97 Å². The topological polar surface area (TPSA) is 98.0 Å². The second kappa shape index (κ2) is 10.2. The van der Waals surface area contributed by atoms with E-state index in [4.69, 9.17) is 10.2 Å². The smallest absolute Gasteiger partial charge is 0.335 e. The van der Waals surface area contributed by atoms with Crippen LogP contribution >= 0.6 is 0 Å². The molecule has 0 amide bonds. The molecule has 0 aromatic heterocycles. The molecule has 130 valence electrons. The number of hydrogen-bond acceptors (Lipinski definition) is 4. The maximum atomic E-state index is 11.1. The first-order valence-electron chi connectivity index (χ1n) is 8.31. The van der Waals surface area contributed by atoms with Crippen LogP contribution in [0.5, 0.6) is 5.75 Å². The fourth-order valence-corrected chi connectivity index (χ4v) is 2.66. The molecule has 0 aliphatic rings. The molecule has 0 radical (unpaired) electrons. The lowest BCUT2D eigenvalue weighted by atomic mass is 9.99. The molecule has 0 unspecified atom stereocenters. The SMILES string of the molecule is C[C@H](O)CCC[C@H](O)CCCCCc1cc(O)ccc1C(=O)O. The van der Waals surface area contributed by atoms with E-state index in [9.17, 15) is 15.0 Å². The van der Waals surface area contributed by atoms with E-state index in [2.05, 4.69) is 0 Å². The summed E-state index contributed by atoms with van der Waals surface area (Å²) >= 11 is 0. The summed E-state index contributed by atoms with van der Waals surface area (Å²) in [6, 6.07) is 4.32. The van der Waals surface area contributed by atoms with E-state index in [1.165, 1.54) is 18.2 Å². The number of hydrogen-bond donors (Lipinski definition) is 4. The molecule has 5 nitrogen and oxygen atoms in total. The maximum absolute atomic E-state index is 11.1. The number of phenolic OH excluding ortho intramolecular Hbond substituents is 1. The highest BCUT2D eigenvalue weighted by molar-refractivity contribution is 5.89. The van der Waals surface area contributed by atoms with Gasteiger partial charge in [-0.1, -0.05) is 12.8 Å². The van der Waals surface area contributed by atoms with Crippen LogP contribution in [0.15, 0.2) is 18.2 Å². The lowest BCUT2D eigenvalue weighted by molar-refractivity contribution is 0.0695. The molecule has 1 aromatic carbocycles. The molecule has 4 N–H and O–H groups in total. The Hall–Kier alpha value is -1.59. The molecule has 0 saturated carbocycles. The van der Waals surface area contributed by atoms with E-state index in [-0.39, 0.29) is 23.5 Å². The van der Waals surface area contributed by atoms with Crippen molar-refractivity contribution in [2.24, 2.45) is 0 Å². The standard InChI is InChI=1S/C18H28O5/c1-13(19)6-5-9-15(20)8-4-2-3-7-14-12-16(21)10-11-17(14)18(22)23/h10-13,15,19-21H,2-9H2,1H3,(H,22,23)/t13-,15+/m0/s1. The molecule has 1 rings (SSSR count). The van der Waals surface area contributed by atoms with Crippen molar-refractivity contribution in [3.63, 3.8) is 0 Å². The Balaban J connectivity index is 2.25. The molecule has 0 bridgehead atoms. The number of rotatable bonds is 11. The zero-order valence-corrected chi connectivity index (χ0v) is 13.7. The van der Waals surface area contributed by atoms with Gasteiger partial charge in [0, 0.05) is 0 Å². The Bertz CT molecular complexity index is 484. The number of benzene rings is 1. The van der Waals surface area contributed by atoms with Gasteiger partial charge in [-0.25, -0.2) is 4.79 Å². The largest absolute Gasteiger partial charge is 0.508 e. The van der Waals surface area contributed by atoms with Crippen molar-refractivity contribution in [1.29, 1.82) is 0 Å². The summed E-state index contributed by atoms with van der Waals surface area (Å²) in [6.45, 7) is 1.75. The molecular weight excluding hydrogens is 296 g/mol. The minimum Gasteiger partial charge on any atom is -0.508 e. The van der Waals surface area contributed by atoms with E-state index >= 15 is 0 Å². The monoisotopic (exact) mass is 324 g/mol. The number of aliphatic hydroxyl groups excluding tert-OH is 2. The summed E-state index contributed by atoms with van der Waals surface area (Å²) in [4.78, 5) is 11.1. The second-order valence-corrected chi connectivity index (χ2v) is 6.18. The van der Waals surface area contributed by atoms with Crippen LogP contribution in [0, 0.1) is 0 Å². The molecular formula is C18H28O5. The van der Waals surface area contributed by atoms with Crippen LogP contribution in [0.2, 0.25) is 0 Å². The van der Waals surface area contributed by atoms with E-state index in [0.29, 0.717) is 24.8 Å². The third-order valence-corrected chi connectivity index (χ3v) is 3.96. The van der Waals surface area contributed by atoms with Gasteiger partial charge < -0.3 is 20.4 Å². The zero-order chi connectivity index (χ0) is 17.2. The summed E-state index contributed by atoms with van der Waals surface area (Å²) in [5, 5.41) is 37.6. The number of aliphatic hydroxyl groups is 2. The number of carboxylic acid groups (broad SMARTS) is 1. The molecule has 2 atom stereocenters. The van der Waals surface area contributed by atoms with Gasteiger partial charge in [-0.05, 0) is 69.2 Å². The highest BCUT2D eigenvalue weighted by Gasteiger charge is 2.10. The van der Waals surface area contributed by atoms with Crippen LogP contribution in [0.4, 0.5) is 0 Å². The maximum Gasteiger partial charge on any atom is 0.335 e. The minimum absolute atomic E-state index is 0.0820. The summed E-state index contributed by atoms with van der Waals surface area (Å²) in [7, 11) is 0. The van der Waals surface area contributed by atoms with Crippen molar-refractivity contribution in [2.45, 2.75) is 70.5 Å². The highest BCUT2D eigenvalue weighted by atomic mass is 16.4. The number of aromatic hydroxyl groups is 1. The van der Waals surface area contributed by atoms with E-state index in [1.807, 2.05) is 0 Å². The number of aryl methyl sites for hydroxylation is 1. The molecule has 0 aliphatic heterocycles. The van der Waals surface area contributed by atoms with Crippen molar-refractivity contribution < 1.29 is 25.2 Å². The minimum atomic E-state index is -0.978. The molecule has 0 fully saturated rings. The summed E-state index contributed by atoms with van der Waals surface area (Å²) in [5.41, 5.74) is 0.885. The average Bonchev–Trinajstić information content (AvgIpc) is 2.46. The van der Waals surface area contributed by atoms with Crippen LogP contribution < -0.4 is 0 Å². The van der Waals surface area contributed by atoms with Gasteiger partial charge in [-0.15, -0.1) is 0 Å². The normalized spacial score (nSPS) is 13.7. The third kappa shape index (κ3) is 8.00. The predicted molar refractivity (Wildman–Crippen MR) is 88.8 cm³/mol. The van der Waals surface area contributed by atoms with Crippen LogP contribution in [0.25, 0.3) is 0 Å². The number of aromatic carboxylic acids is 1. The Morgan fingerprint density at radius 2 is 1.74 bits per heavy atom. The van der Waals surface area contributed by atoms with Gasteiger partial charge in [0.05, 0.1) is 17.8 Å². The fraction of sp³-hybridized carbons (Fsp3) is 0.611. The number of carbonyl (C=O) groups is 1. The lowest BCUT2D eigenvalue weighted by Gasteiger charge is -2.11. The van der Waals surface area contributed by atoms with Gasteiger partial charge in [-0.3, -0.25) is 0 Å². The molecule has 1 aromatic rings. The van der Waals surface area contributed by atoms with Gasteiger partial charge in [0.1, 0.15) is 5.75 Å².